The van der Waals surface area contributed by atoms with Gasteiger partial charge in [-0.25, -0.2) is 4.79 Å². The Morgan fingerprint density at radius 1 is 1.24 bits per heavy atom. The lowest BCUT2D eigenvalue weighted by Gasteiger charge is -2.14. The van der Waals surface area contributed by atoms with Crippen LogP contribution < -0.4 is 20.1 Å². The maximum atomic E-state index is 12.3. The third-order valence-corrected chi connectivity index (χ3v) is 4.52. The van der Waals surface area contributed by atoms with Crippen molar-refractivity contribution in [3.8, 4) is 11.5 Å². The molecule has 0 saturated carbocycles. The van der Waals surface area contributed by atoms with Gasteiger partial charge in [0, 0.05) is 12.7 Å². The molecule has 134 valence electrons. The number of aromatic nitrogens is 2. The number of urea groups is 1. The topological polar surface area (TPSA) is 77.4 Å². The molecule has 2 aromatic rings. The summed E-state index contributed by atoms with van der Waals surface area (Å²) < 4.78 is 12.5. The molecule has 2 N–H and O–H groups in total. The normalized spacial score (nSPS) is 13.1. The van der Waals surface area contributed by atoms with Gasteiger partial charge in [-0.2, -0.15) is 5.10 Å². The van der Waals surface area contributed by atoms with Gasteiger partial charge < -0.3 is 20.1 Å². The van der Waals surface area contributed by atoms with Gasteiger partial charge >= 0.3 is 6.03 Å². The Bertz CT molecular complexity index is 770. The summed E-state index contributed by atoms with van der Waals surface area (Å²) in [5.74, 6) is 1.06. The number of ether oxygens (including phenoxy) is 2. The van der Waals surface area contributed by atoms with Crippen molar-refractivity contribution in [3.05, 3.63) is 35.2 Å². The molecule has 25 heavy (non-hydrogen) atoms. The van der Waals surface area contributed by atoms with Gasteiger partial charge in [0.1, 0.15) is 0 Å². The highest BCUT2D eigenvalue weighted by Gasteiger charge is 2.19. The minimum atomic E-state index is -0.304. The smallest absolute Gasteiger partial charge is 0.319 e. The third-order valence-electron chi connectivity index (χ3n) is 4.52. The number of carbonyl (C=O) groups is 1. The molecule has 0 spiro atoms. The lowest BCUT2D eigenvalue weighted by Crippen LogP contribution is -2.29. The maximum Gasteiger partial charge on any atom is 0.319 e. The van der Waals surface area contributed by atoms with Crippen LogP contribution in [0, 0.1) is 0 Å². The number of anilines is 1. The van der Waals surface area contributed by atoms with Crippen molar-refractivity contribution in [2.24, 2.45) is 7.05 Å². The van der Waals surface area contributed by atoms with Gasteiger partial charge in [-0.1, -0.05) is 6.07 Å². The quantitative estimate of drug-likeness (QED) is 0.874. The molecule has 0 unspecified atom stereocenters. The SMILES string of the molecule is COc1cccc(NC(=O)NCc2nn(C)c3c2CCCC3)c1OC. The maximum absolute atomic E-state index is 12.3. The second-order valence-corrected chi connectivity index (χ2v) is 6.05. The highest BCUT2D eigenvalue weighted by Crippen LogP contribution is 2.34. The summed E-state index contributed by atoms with van der Waals surface area (Å²) in [6.07, 6.45) is 4.48. The molecule has 1 heterocycles. The van der Waals surface area contributed by atoms with Crippen molar-refractivity contribution in [1.82, 2.24) is 15.1 Å². The minimum absolute atomic E-state index is 0.304. The molecule has 3 rings (SSSR count). The van der Waals surface area contributed by atoms with Gasteiger partial charge in [0.2, 0.25) is 0 Å². The molecule has 0 saturated heterocycles. The van der Waals surface area contributed by atoms with Gasteiger partial charge in [-0.15, -0.1) is 0 Å². The Kier molecular flexibility index (Phi) is 5.11. The first-order valence-electron chi connectivity index (χ1n) is 8.43. The lowest BCUT2D eigenvalue weighted by atomic mass is 9.96. The number of fused-ring (bicyclic) bond motifs is 1. The molecule has 1 aromatic heterocycles. The van der Waals surface area contributed by atoms with Crippen molar-refractivity contribution in [2.75, 3.05) is 19.5 Å². The summed E-state index contributed by atoms with van der Waals surface area (Å²) >= 11 is 0. The van der Waals surface area contributed by atoms with Crippen molar-refractivity contribution < 1.29 is 14.3 Å². The van der Waals surface area contributed by atoms with E-state index >= 15 is 0 Å². The van der Waals surface area contributed by atoms with E-state index in [1.165, 1.54) is 24.1 Å². The lowest BCUT2D eigenvalue weighted by molar-refractivity contribution is 0.251. The molecular formula is C18H24N4O3. The predicted octanol–water partition coefficient (Wildman–Crippen LogP) is 2.64. The highest BCUT2D eigenvalue weighted by molar-refractivity contribution is 5.91. The van der Waals surface area contributed by atoms with E-state index in [4.69, 9.17) is 9.47 Å². The van der Waals surface area contributed by atoms with Crippen molar-refractivity contribution in [1.29, 1.82) is 0 Å². The number of carbonyl (C=O) groups excluding carboxylic acids is 1. The molecule has 7 heteroatoms. The molecule has 0 fully saturated rings. The Labute approximate surface area is 147 Å². The zero-order valence-corrected chi connectivity index (χ0v) is 14.9. The zero-order valence-electron chi connectivity index (χ0n) is 14.9. The molecule has 1 aliphatic rings. The number of para-hydroxylation sites is 1. The molecule has 1 aromatic carbocycles. The van der Waals surface area contributed by atoms with E-state index < -0.39 is 0 Å². The summed E-state index contributed by atoms with van der Waals surface area (Å²) in [4.78, 5) is 12.3. The van der Waals surface area contributed by atoms with E-state index in [2.05, 4.69) is 15.7 Å². The van der Waals surface area contributed by atoms with Gasteiger partial charge in [-0.3, -0.25) is 4.68 Å². The summed E-state index contributed by atoms with van der Waals surface area (Å²) in [5.41, 5.74) is 4.08. The van der Waals surface area contributed by atoms with Crippen LogP contribution in [0.3, 0.4) is 0 Å². The molecule has 0 bridgehead atoms. The van der Waals surface area contributed by atoms with E-state index in [0.29, 0.717) is 23.7 Å². The van der Waals surface area contributed by atoms with Gasteiger partial charge in [0.05, 0.1) is 32.1 Å². The van der Waals surface area contributed by atoms with E-state index in [-0.39, 0.29) is 6.03 Å². The number of aryl methyl sites for hydroxylation is 1. The number of benzene rings is 1. The number of nitrogens with zero attached hydrogens (tertiary/aromatic N) is 2. The summed E-state index contributed by atoms with van der Waals surface area (Å²) in [6.45, 7) is 0.404. The summed E-state index contributed by atoms with van der Waals surface area (Å²) in [5, 5.41) is 10.2. The number of rotatable bonds is 5. The van der Waals surface area contributed by atoms with Crippen LogP contribution >= 0.6 is 0 Å². The second-order valence-electron chi connectivity index (χ2n) is 6.05. The Hall–Kier alpha value is -2.70. The Balaban J connectivity index is 1.66. The second kappa shape index (κ2) is 7.46. The standard InChI is InChI=1S/C18H24N4O3/c1-22-15-9-5-4-7-12(15)14(21-22)11-19-18(23)20-13-8-6-10-16(24-2)17(13)25-3/h6,8,10H,4-5,7,9,11H2,1-3H3,(H2,19,20,23). The fraction of sp³-hybridized carbons (Fsp3) is 0.444. The van der Waals surface area contributed by atoms with Crippen LogP contribution in [0.2, 0.25) is 0 Å². The van der Waals surface area contributed by atoms with Crippen LogP contribution in [-0.2, 0) is 26.4 Å². The van der Waals surface area contributed by atoms with Crippen LogP contribution in [0.1, 0.15) is 29.8 Å². The van der Waals surface area contributed by atoms with Crippen LogP contribution in [-0.4, -0.2) is 30.0 Å². The number of methoxy groups -OCH3 is 2. The first kappa shape index (κ1) is 17.1. The van der Waals surface area contributed by atoms with E-state index in [9.17, 15) is 4.79 Å². The number of hydrogen-bond donors (Lipinski definition) is 2. The Morgan fingerprint density at radius 2 is 2.04 bits per heavy atom. The average molecular weight is 344 g/mol. The van der Waals surface area contributed by atoms with Crippen molar-refractivity contribution in [2.45, 2.75) is 32.2 Å². The van der Waals surface area contributed by atoms with E-state index in [1.807, 2.05) is 11.7 Å². The fourth-order valence-corrected chi connectivity index (χ4v) is 3.32. The van der Waals surface area contributed by atoms with Crippen LogP contribution in [0.5, 0.6) is 11.5 Å². The minimum Gasteiger partial charge on any atom is -0.493 e. The first-order valence-corrected chi connectivity index (χ1v) is 8.43. The third kappa shape index (κ3) is 3.55. The van der Waals surface area contributed by atoms with Crippen molar-refractivity contribution >= 4 is 11.7 Å². The molecule has 0 radical (unpaired) electrons. The van der Waals surface area contributed by atoms with Crippen LogP contribution in [0.25, 0.3) is 0 Å². The largest absolute Gasteiger partial charge is 0.493 e. The fourth-order valence-electron chi connectivity index (χ4n) is 3.32. The highest BCUT2D eigenvalue weighted by atomic mass is 16.5. The zero-order chi connectivity index (χ0) is 17.8. The summed E-state index contributed by atoms with van der Waals surface area (Å²) in [6, 6.07) is 5.04. The molecule has 1 aliphatic carbocycles. The van der Waals surface area contributed by atoms with Crippen LogP contribution in [0.4, 0.5) is 10.5 Å². The number of amides is 2. The molecule has 0 atom stereocenters. The Morgan fingerprint density at radius 3 is 2.80 bits per heavy atom. The molecule has 7 nitrogen and oxygen atoms in total. The van der Waals surface area contributed by atoms with E-state index in [0.717, 1.165) is 18.5 Å². The summed E-state index contributed by atoms with van der Waals surface area (Å²) in [7, 11) is 5.07. The van der Waals surface area contributed by atoms with Gasteiger partial charge in [0.25, 0.3) is 0 Å². The number of nitrogens with one attached hydrogen (secondary N) is 2. The first-order chi connectivity index (χ1) is 12.1. The monoisotopic (exact) mass is 344 g/mol. The van der Waals surface area contributed by atoms with Gasteiger partial charge in [-0.05, 0) is 43.4 Å². The molecule has 2 amide bonds. The number of hydrogen-bond acceptors (Lipinski definition) is 4. The average Bonchev–Trinajstić information content (AvgIpc) is 2.96. The van der Waals surface area contributed by atoms with E-state index in [1.54, 1.807) is 32.4 Å². The van der Waals surface area contributed by atoms with Crippen molar-refractivity contribution in [3.63, 3.8) is 0 Å². The molecule has 0 aliphatic heterocycles. The predicted molar refractivity (Wildman–Crippen MR) is 95.3 cm³/mol. The van der Waals surface area contributed by atoms with Gasteiger partial charge in [0.15, 0.2) is 11.5 Å². The van der Waals surface area contributed by atoms with Crippen LogP contribution in [0.15, 0.2) is 18.2 Å². The molecular weight excluding hydrogens is 320 g/mol.